The van der Waals surface area contributed by atoms with Gasteiger partial charge in [0.15, 0.2) is 0 Å². The number of benzene rings is 3. The van der Waals surface area contributed by atoms with Crippen molar-refractivity contribution in [2.75, 3.05) is 6.54 Å². The van der Waals surface area contributed by atoms with Crippen LogP contribution in [0.15, 0.2) is 71.6 Å². The van der Waals surface area contributed by atoms with Gasteiger partial charge < -0.3 is 5.11 Å². The van der Waals surface area contributed by atoms with Crippen LogP contribution in [0, 0.1) is 5.82 Å². The van der Waals surface area contributed by atoms with E-state index < -0.39 is 27.7 Å². The van der Waals surface area contributed by atoms with Crippen LogP contribution >= 0.6 is 0 Å². The standard InChI is InChI=1S/C25H23F4NO4S/c26-22-6-1-17(2-7-22)13-20-15-18(3-10-24(31)32)14-19(16-20)11-12-30-35(33,34)23-8-4-21(5-9-23)25(27,28)29/h1-2,4-9,14-16,30H,3,10-13H2,(H,31,32). The maximum atomic E-state index is 13.2. The maximum Gasteiger partial charge on any atom is 0.416 e. The first-order valence-corrected chi connectivity index (χ1v) is 12.2. The summed E-state index contributed by atoms with van der Waals surface area (Å²) in [5, 5.41) is 9.00. The van der Waals surface area contributed by atoms with Gasteiger partial charge >= 0.3 is 12.1 Å². The Morgan fingerprint density at radius 3 is 1.97 bits per heavy atom. The molecule has 186 valence electrons. The predicted octanol–water partition coefficient (Wildman–Crippen LogP) is 4.97. The minimum absolute atomic E-state index is 0.0122. The first-order chi connectivity index (χ1) is 16.4. The van der Waals surface area contributed by atoms with E-state index in [1.165, 1.54) is 12.1 Å². The van der Waals surface area contributed by atoms with Gasteiger partial charge in [-0.25, -0.2) is 17.5 Å². The van der Waals surface area contributed by atoms with Crippen LogP contribution in [0.3, 0.4) is 0 Å². The van der Waals surface area contributed by atoms with E-state index in [-0.39, 0.29) is 36.5 Å². The summed E-state index contributed by atoms with van der Waals surface area (Å²) in [5.41, 5.74) is 2.31. The first-order valence-electron chi connectivity index (χ1n) is 10.7. The minimum Gasteiger partial charge on any atom is -0.481 e. The van der Waals surface area contributed by atoms with Crippen molar-refractivity contribution < 1.29 is 35.9 Å². The summed E-state index contributed by atoms with van der Waals surface area (Å²) in [7, 11) is -4.02. The van der Waals surface area contributed by atoms with Gasteiger partial charge in [0, 0.05) is 13.0 Å². The molecular weight excluding hydrogens is 486 g/mol. The lowest BCUT2D eigenvalue weighted by molar-refractivity contribution is -0.138. The van der Waals surface area contributed by atoms with Crippen LogP contribution in [0.1, 0.15) is 34.2 Å². The Hall–Kier alpha value is -3.24. The second-order valence-electron chi connectivity index (χ2n) is 8.02. The number of hydrogen-bond acceptors (Lipinski definition) is 3. The number of carboxylic acids is 1. The zero-order valence-corrected chi connectivity index (χ0v) is 19.3. The molecule has 0 aliphatic heterocycles. The maximum absolute atomic E-state index is 13.2. The Kier molecular flexibility index (Phi) is 8.29. The quantitative estimate of drug-likeness (QED) is 0.378. The van der Waals surface area contributed by atoms with Crippen molar-refractivity contribution in [3.8, 4) is 0 Å². The number of rotatable bonds is 10. The third-order valence-electron chi connectivity index (χ3n) is 5.26. The summed E-state index contributed by atoms with van der Waals surface area (Å²) in [6.45, 7) is -0.0122. The summed E-state index contributed by atoms with van der Waals surface area (Å²) in [6, 6.07) is 14.7. The lowest BCUT2D eigenvalue weighted by atomic mass is 9.96. The smallest absolute Gasteiger partial charge is 0.416 e. The summed E-state index contributed by atoms with van der Waals surface area (Å²) in [6.07, 6.45) is -3.59. The van der Waals surface area contributed by atoms with Gasteiger partial charge in [-0.2, -0.15) is 13.2 Å². The fourth-order valence-electron chi connectivity index (χ4n) is 3.56. The van der Waals surface area contributed by atoms with Gasteiger partial charge in [-0.05, 0) is 77.9 Å². The van der Waals surface area contributed by atoms with Gasteiger partial charge in [-0.1, -0.05) is 30.3 Å². The van der Waals surface area contributed by atoms with E-state index in [9.17, 15) is 30.8 Å². The van der Waals surface area contributed by atoms with E-state index in [4.69, 9.17) is 5.11 Å². The van der Waals surface area contributed by atoms with E-state index >= 15 is 0 Å². The van der Waals surface area contributed by atoms with E-state index in [2.05, 4.69) is 4.72 Å². The van der Waals surface area contributed by atoms with Crippen molar-refractivity contribution in [3.63, 3.8) is 0 Å². The number of sulfonamides is 1. The SMILES string of the molecule is O=C(O)CCc1cc(CCNS(=O)(=O)c2ccc(C(F)(F)F)cc2)cc(Cc2ccc(F)cc2)c1. The van der Waals surface area contributed by atoms with Gasteiger partial charge in [0.25, 0.3) is 0 Å². The second-order valence-corrected chi connectivity index (χ2v) is 9.79. The zero-order valence-electron chi connectivity index (χ0n) is 18.5. The molecule has 0 unspecified atom stereocenters. The number of hydrogen-bond donors (Lipinski definition) is 2. The molecule has 0 aliphatic carbocycles. The monoisotopic (exact) mass is 509 g/mol. The highest BCUT2D eigenvalue weighted by molar-refractivity contribution is 7.89. The number of aliphatic carboxylic acids is 1. The molecule has 0 saturated heterocycles. The van der Waals surface area contributed by atoms with Crippen molar-refractivity contribution in [2.24, 2.45) is 0 Å². The summed E-state index contributed by atoms with van der Waals surface area (Å²) < 4.78 is 78.7. The lowest BCUT2D eigenvalue weighted by Crippen LogP contribution is -2.26. The number of alkyl halides is 3. The number of carboxylic acid groups (broad SMARTS) is 1. The minimum atomic E-state index is -4.56. The number of halogens is 4. The first kappa shape index (κ1) is 26.4. The van der Waals surface area contributed by atoms with Crippen LogP contribution in [0.25, 0.3) is 0 Å². The topological polar surface area (TPSA) is 83.5 Å². The molecule has 0 bridgehead atoms. The molecule has 5 nitrogen and oxygen atoms in total. The molecule has 0 atom stereocenters. The van der Waals surface area contributed by atoms with E-state index in [0.717, 1.165) is 34.4 Å². The fourth-order valence-corrected chi connectivity index (χ4v) is 4.59. The van der Waals surface area contributed by atoms with E-state index in [0.29, 0.717) is 18.6 Å². The molecule has 3 aromatic carbocycles. The molecule has 0 fully saturated rings. The lowest BCUT2D eigenvalue weighted by Gasteiger charge is -2.12. The van der Waals surface area contributed by atoms with Gasteiger partial charge in [0.05, 0.1) is 10.5 Å². The fraction of sp³-hybridized carbons (Fsp3) is 0.240. The Morgan fingerprint density at radius 1 is 0.829 bits per heavy atom. The van der Waals surface area contributed by atoms with E-state index in [1.807, 2.05) is 12.1 Å². The van der Waals surface area contributed by atoms with Gasteiger partial charge in [-0.15, -0.1) is 0 Å². The van der Waals surface area contributed by atoms with Crippen LogP contribution in [0.2, 0.25) is 0 Å². The van der Waals surface area contributed by atoms with E-state index in [1.54, 1.807) is 18.2 Å². The molecule has 0 saturated carbocycles. The van der Waals surface area contributed by atoms with Gasteiger partial charge in [0.1, 0.15) is 5.82 Å². The van der Waals surface area contributed by atoms with Crippen LogP contribution in [-0.4, -0.2) is 26.0 Å². The average Bonchev–Trinajstić information content (AvgIpc) is 2.78. The molecule has 3 rings (SSSR count). The van der Waals surface area contributed by atoms with Crippen LogP contribution < -0.4 is 4.72 Å². The largest absolute Gasteiger partial charge is 0.481 e. The molecule has 0 amide bonds. The highest BCUT2D eigenvalue weighted by atomic mass is 32.2. The summed E-state index contributed by atoms with van der Waals surface area (Å²) in [5.74, 6) is -1.30. The number of nitrogens with one attached hydrogen (secondary N) is 1. The third-order valence-corrected chi connectivity index (χ3v) is 6.74. The normalized spacial score (nSPS) is 12.0. The Balaban J connectivity index is 1.72. The van der Waals surface area contributed by atoms with Crippen molar-refractivity contribution >= 4 is 16.0 Å². The molecule has 0 aliphatic rings. The highest BCUT2D eigenvalue weighted by Gasteiger charge is 2.30. The van der Waals surface area contributed by atoms with Crippen LogP contribution in [0.5, 0.6) is 0 Å². The predicted molar refractivity (Wildman–Crippen MR) is 122 cm³/mol. The third kappa shape index (κ3) is 7.90. The molecule has 0 spiro atoms. The summed E-state index contributed by atoms with van der Waals surface area (Å²) >= 11 is 0. The van der Waals surface area contributed by atoms with Crippen LogP contribution in [0.4, 0.5) is 17.6 Å². The van der Waals surface area contributed by atoms with Crippen molar-refractivity contribution in [1.82, 2.24) is 4.72 Å². The number of aryl methyl sites for hydroxylation is 1. The van der Waals surface area contributed by atoms with Gasteiger partial charge in [-0.3, -0.25) is 4.79 Å². The molecule has 0 heterocycles. The van der Waals surface area contributed by atoms with Crippen LogP contribution in [-0.2, 0) is 40.3 Å². The summed E-state index contributed by atoms with van der Waals surface area (Å²) in [4.78, 5) is 10.7. The molecule has 3 aromatic rings. The molecular formula is C25H23F4NO4S. The average molecular weight is 510 g/mol. The van der Waals surface area contributed by atoms with Crippen molar-refractivity contribution in [3.05, 3.63) is 100 Å². The Bertz CT molecular complexity index is 1270. The second kappa shape index (κ2) is 11.0. The zero-order chi connectivity index (χ0) is 25.6. The molecule has 35 heavy (non-hydrogen) atoms. The van der Waals surface area contributed by atoms with Gasteiger partial charge in [0.2, 0.25) is 10.0 Å². The van der Waals surface area contributed by atoms with Crippen molar-refractivity contribution in [2.45, 2.75) is 36.8 Å². The molecule has 0 aromatic heterocycles. The Morgan fingerprint density at radius 2 is 1.40 bits per heavy atom. The molecule has 10 heteroatoms. The Labute approximate surface area is 200 Å². The highest BCUT2D eigenvalue weighted by Crippen LogP contribution is 2.29. The molecule has 2 N–H and O–H groups in total. The number of carbonyl (C=O) groups is 1. The molecule has 0 radical (unpaired) electrons. The van der Waals surface area contributed by atoms with Crippen molar-refractivity contribution in [1.29, 1.82) is 0 Å².